The van der Waals surface area contributed by atoms with E-state index in [2.05, 4.69) is 29.7 Å². The normalized spacial score (nSPS) is 13.9. The molecule has 0 aliphatic carbocycles. The molecule has 0 unspecified atom stereocenters. The number of imidazole rings is 1. The largest absolute Gasteiger partial charge is 0.495 e. The molecule has 1 N–H and O–H groups in total. The highest BCUT2D eigenvalue weighted by molar-refractivity contribution is 6.32. The lowest BCUT2D eigenvalue weighted by molar-refractivity contribution is 0.122. The van der Waals surface area contributed by atoms with Gasteiger partial charge in [-0.05, 0) is 24.1 Å². The number of aliphatic hydroxyl groups excluding tert-OH is 1. The van der Waals surface area contributed by atoms with Gasteiger partial charge in [0, 0.05) is 43.5 Å². The average Bonchev–Trinajstić information content (AvgIpc) is 3.22. The molecule has 2 aromatic heterocycles. The Morgan fingerprint density at radius 1 is 1.23 bits per heavy atom. The van der Waals surface area contributed by atoms with Crippen LogP contribution in [-0.2, 0) is 11.3 Å². The number of halogens is 1. The van der Waals surface area contributed by atoms with Crippen LogP contribution in [0, 0.1) is 11.8 Å². The highest BCUT2D eigenvalue weighted by Crippen LogP contribution is 2.34. The minimum Gasteiger partial charge on any atom is -0.495 e. The molecule has 6 nitrogen and oxygen atoms in total. The van der Waals surface area contributed by atoms with E-state index in [1.165, 1.54) is 0 Å². The van der Waals surface area contributed by atoms with Crippen molar-refractivity contribution in [1.82, 2.24) is 9.38 Å². The van der Waals surface area contributed by atoms with Crippen LogP contribution in [0.1, 0.15) is 30.9 Å². The van der Waals surface area contributed by atoms with Gasteiger partial charge < -0.3 is 23.9 Å². The molecule has 0 atom stereocenters. The molecule has 7 heteroatoms. The summed E-state index contributed by atoms with van der Waals surface area (Å²) in [5.41, 5.74) is 5.09. The van der Waals surface area contributed by atoms with E-state index in [0.717, 1.165) is 54.1 Å². The number of rotatable bonds is 5. The van der Waals surface area contributed by atoms with Crippen LogP contribution in [-0.4, -0.2) is 47.9 Å². The molecule has 3 heterocycles. The summed E-state index contributed by atoms with van der Waals surface area (Å²) in [5.74, 6) is 7.14. The number of benzene rings is 1. The molecular weight excluding hydrogens is 414 g/mol. The summed E-state index contributed by atoms with van der Waals surface area (Å²) >= 11 is 6.35. The Morgan fingerprint density at radius 3 is 2.74 bits per heavy atom. The van der Waals surface area contributed by atoms with Gasteiger partial charge in [-0.2, -0.15) is 0 Å². The Labute approximate surface area is 187 Å². The van der Waals surface area contributed by atoms with Gasteiger partial charge in [0.1, 0.15) is 11.4 Å². The minimum atomic E-state index is -0.135. The minimum absolute atomic E-state index is 0.135. The summed E-state index contributed by atoms with van der Waals surface area (Å²) in [7, 11) is 1.56. The second kappa shape index (κ2) is 9.61. The highest BCUT2D eigenvalue weighted by atomic mass is 35.5. The molecule has 4 rings (SSSR count). The summed E-state index contributed by atoms with van der Waals surface area (Å²) < 4.78 is 12.8. The number of aliphatic hydroxyl groups is 1. The van der Waals surface area contributed by atoms with E-state index in [9.17, 15) is 5.11 Å². The zero-order chi connectivity index (χ0) is 21.8. The van der Waals surface area contributed by atoms with Crippen molar-refractivity contribution in [3.05, 3.63) is 46.7 Å². The first-order valence-corrected chi connectivity index (χ1v) is 10.8. The van der Waals surface area contributed by atoms with E-state index in [1.807, 2.05) is 16.8 Å². The van der Waals surface area contributed by atoms with E-state index in [-0.39, 0.29) is 6.61 Å². The number of nitrogens with zero attached hydrogens (tertiary/aromatic N) is 3. The second-order valence-corrected chi connectivity index (χ2v) is 7.82. The number of morpholine rings is 1. The van der Waals surface area contributed by atoms with Crippen molar-refractivity contribution in [2.45, 2.75) is 26.4 Å². The number of hydrogen-bond donors (Lipinski definition) is 1. The van der Waals surface area contributed by atoms with E-state index in [4.69, 9.17) is 26.1 Å². The number of ether oxygens (including phenoxy) is 2. The molecule has 0 radical (unpaired) electrons. The van der Waals surface area contributed by atoms with Gasteiger partial charge in [-0.15, -0.1) is 0 Å². The maximum atomic E-state index is 9.87. The van der Waals surface area contributed by atoms with E-state index in [1.54, 1.807) is 19.2 Å². The third-order valence-corrected chi connectivity index (χ3v) is 5.64. The fourth-order valence-corrected chi connectivity index (χ4v) is 3.96. The molecule has 162 valence electrons. The van der Waals surface area contributed by atoms with Crippen LogP contribution in [0.5, 0.6) is 5.75 Å². The number of hydrogen-bond acceptors (Lipinski definition) is 5. The molecule has 1 aliphatic rings. The van der Waals surface area contributed by atoms with Gasteiger partial charge in [0.05, 0.1) is 48.9 Å². The fraction of sp³-hybridized carbons (Fsp3) is 0.375. The molecule has 0 amide bonds. The molecule has 3 aromatic rings. The molecule has 1 saturated heterocycles. The maximum absolute atomic E-state index is 9.87. The maximum Gasteiger partial charge on any atom is 0.139 e. The second-order valence-electron chi connectivity index (χ2n) is 7.42. The van der Waals surface area contributed by atoms with Crippen LogP contribution >= 0.6 is 11.6 Å². The summed E-state index contributed by atoms with van der Waals surface area (Å²) in [6.07, 6.45) is 5.86. The van der Waals surface area contributed by atoms with Crippen LogP contribution in [0.4, 0.5) is 5.69 Å². The number of unbranched alkanes of at least 4 members (excludes halogenated alkanes) is 1. The zero-order valence-electron chi connectivity index (χ0n) is 17.8. The van der Waals surface area contributed by atoms with Crippen molar-refractivity contribution in [3.63, 3.8) is 0 Å². The van der Waals surface area contributed by atoms with E-state index < -0.39 is 0 Å². The van der Waals surface area contributed by atoms with Gasteiger partial charge in [-0.3, -0.25) is 0 Å². The van der Waals surface area contributed by atoms with Crippen LogP contribution in [0.15, 0.2) is 30.6 Å². The number of aromatic nitrogens is 2. The average molecular weight is 440 g/mol. The molecule has 0 saturated carbocycles. The Kier molecular flexibility index (Phi) is 6.67. The predicted molar refractivity (Wildman–Crippen MR) is 123 cm³/mol. The monoisotopic (exact) mass is 439 g/mol. The van der Waals surface area contributed by atoms with Crippen molar-refractivity contribution in [1.29, 1.82) is 0 Å². The Hall–Kier alpha value is -2.72. The molecule has 1 fully saturated rings. The third kappa shape index (κ3) is 4.49. The van der Waals surface area contributed by atoms with Gasteiger partial charge in [0.15, 0.2) is 0 Å². The van der Waals surface area contributed by atoms with Crippen molar-refractivity contribution >= 4 is 22.9 Å². The predicted octanol–water partition coefficient (Wildman–Crippen LogP) is 4.14. The van der Waals surface area contributed by atoms with Crippen molar-refractivity contribution < 1.29 is 14.6 Å². The van der Waals surface area contributed by atoms with Crippen LogP contribution in [0.25, 0.3) is 16.9 Å². The van der Waals surface area contributed by atoms with Gasteiger partial charge in [0.25, 0.3) is 0 Å². The van der Waals surface area contributed by atoms with Gasteiger partial charge >= 0.3 is 0 Å². The van der Waals surface area contributed by atoms with Crippen LogP contribution < -0.4 is 9.64 Å². The van der Waals surface area contributed by atoms with E-state index in [0.29, 0.717) is 29.5 Å². The van der Waals surface area contributed by atoms with Crippen LogP contribution in [0.3, 0.4) is 0 Å². The Bertz CT molecular complexity index is 1140. The topological polar surface area (TPSA) is 59.2 Å². The molecule has 1 aromatic carbocycles. The summed E-state index contributed by atoms with van der Waals surface area (Å²) in [5, 5.41) is 10.4. The Balaban J connectivity index is 1.82. The number of anilines is 1. The first-order valence-electron chi connectivity index (χ1n) is 10.5. The first kappa shape index (κ1) is 21.5. The van der Waals surface area contributed by atoms with Crippen molar-refractivity contribution in [3.8, 4) is 28.8 Å². The van der Waals surface area contributed by atoms with Gasteiger partial charge in [-0.25, -0.2) is 4.98 Å². The number of methoxy groups -OCH3 is 1. The van der Waals surface area contributed by atoms with Gasteiger partial charge in [-0.1, -0.05) is 30.4 Å². The molecule has 31 heavy (non-hydrogen) atoms. The lowest BCUT2D eigenvalue weighted by Gasteiger charge is -2.29. The number of fused-ring (bicyclic) bond motifs is 1. The SMILES string of the molecule is CCCC#Cc1cn2cc(-c3cc(Cl)c(OC)cc3CO)nc2cc1N1CCOCC1. The first-order chi connectivity index (χ1) is 15.1. The molecule has 0 bridgehead atoms. The summed E-state index contributed by atoms with van der Waals surface area (Å²) in [6.45, 7) is 5.06. The molecular formula is C24H26ClN3O3. The van der Waals surface area contributed by atoms with Gasteiger partial charge in [0.2, 0.25) is 0 Å². The summed E-state index contributed by atoms with van der Waals surface area (Å²) in [6, 6.07) is 5.62. The molecule has 0 spiro atoms. The quantitative estimate of drug-likeness (QED) is 0.605. The van der Waals surface area contributed by atoms with Crippen molar-refractivity contribution in [2.24, 2.45) is 0 Å². The summed E-state index contributed by atoms with van der Waals surface area (Å²) in [4.78, 5) is 7.13. The lowest BCUT2D eigenvalue weighted by atomic mass is 10.1. The van der Waals surface area contributed by atoms with Crippen molar-refractivity contribution in [2.75, 3.05) is 38.3 Å². The smallest absolute Gasteiger partial charge is 0.139 e. The Morgan fingerprint density at radius 2 is 2.03 bits per heavy atom. The zero-order valence-corrected chi connectivity index (χ0v) is 18.6. The van der Waals surface area contributed by atoms with E-state index >= 15 is 0 Å². The highest BCUT2D eigenvalue weighted by Gasteiger charge is 2.18. The lowest BCUT2D eigenvalue weighted by Crippen LogP contribution is -2.36. The fourth-order valence-electron chi connectivity index (χ4n) is 3.72. The number of pyridine rings is 1. The molecule has 1 aliphatic heterocycles. The standard InChI is InChI=1S/C24H26ClN3O3/c1-3-4-5-6-17-14-28-15-21(19-12-20(25)23(30-2)11-18(19)16-29)26-24(28)13-22(17)27-7-9-31-10-8-27/h11-15,29H,3-4,7-10,16H2,1-2H3. The third-order valence-electron chi connectivity index (χ3n) is 5.34. The van der Waals surface area contributed by atoms with Crippen LogP contribution in [0.2, 0.25) is 5.02 Å².